The molecule has 1 amide bonds. The van der Waals surface area contributed by atoms with E-state index >= 15 is 0 Å². The van der Waals surface area contributed by atoms with Crippen molar-refractivity contribution in [3.63, 3.8) is 0 Å². The quantitative estimate of drug-likeness (QED) is 0.880. The molecule has 0 radical (unpaired) electrons. The van der Waals surface area contributed by atoms with Gasteiger partial charge in [0.25, 0.3) is 0 Å². The van der Waals surface area contributed by atoms with Crippen LogP contribution in [0.5, 0.6) is 0 Å². The van der Waals surface area contributed by atoms with E-state index < -0.39 is 0 Å². The van der Waals surface area contributed by atoms with Crippen LogP contribution in [-0.4, -0.2) is 32.5 Å². The average Bonchev–Trinajstić information content (AvgIpc) is 3.18. The number of H-pyrrole nitrogens is 1. The lowest BCUT2D eigenvalue weighted by atomic mass is 9.96. The average molecular weight is 338 g/mol. The molecule has 1 aromatic heterocycles. The number of thioether (sulfide) groups is 2. The first-order chi connectivity index (χ1) is 10.5. The van der Waals surface area contributed by atoms with Gasteiger partial charge in [0.2, 0.25) is 5.91 Å². The molecule has 2 atom stereocenters. The lowest BCUT2D eigenvalue weighted by Crippen LogP contribution is -2.47. The zero-order valence-corrected chi connectivity index (χ0v) is 14.9. The van der Waals surface area contributed by atoms with E-state index in [-0.39, 0.29) is 21.9 Å². The highest BCUT2D eigenvalue weighted by atomic mass is 32.2. The minimum Gasteiger partial charge on any atom is -0.350 e. The van der Waals surface area contributed by atoms with Crippen LogP contribution in [0.25, 0.3) is 4.91 Å². The van der Waals surface area contributed by atoms with Crippen LogP contribution in [-0.2, 0) is 4.79 Å². The normalized spacial score (nSPS) is 27.4. The van der Waals surface area contributed by atoms with Crippen molar-refractivity contribution in [2.45, 2.75) is 49.7 Å². The molecular weight excluding hydrogens is 314 g/mol. The molecule has 6 heteroatoms. The van der Waals surface area contributed by atoms with Gasteiger partial charge in [-0.15, -0.1) is 23.5 Å². The molecule has 2 aliphatic rings. The molecule has 2 N–H and O–H groups in total. The minimum absolute atomic E-state index is 0.0122. The molecular formula is C16H23N3OS2. The maximum Gasteiger partial charge on any atom is 0.229 e. The van der Waals surface area contributed by atoms with Gasteiger partial charge >= 0.3 is 0 Å². The third-order valence-corrected chi connectivity index (χ3v) is 7.61. The Kier molecular flexibility index (Phi) is 4.59. The lowest BCUT2D eigenvalue weighted by Gasteiger charge is -2.29. The highest BCUT2D eigenvalue weighted by Gasteiger charge is 2.41. The molecule has 3 rings (SSSR count). The van der Waals surface area contributed by atoms with Crippen LogP contribution in [0.2, 0.25) is 0 Å². The van der Waals surface area contributed by atoms with E-state index in [1.54, 1.807) is 29.7 Å². The number of carbonyl (C=O) groups is 1. The Bertz CT molecular complexity index is 576. The van der Waals surface area contributed by atoms with Crippen LogP contribution in [0, 0.1) is 5.92 Å². The Balaban J connectivity index is 1.82. The Hall–Kier alpha value is -0.880. The second kappa shape index (κ2) is 6.32. The highest BCUT2D eigenvalue weighted by molar-refractivity contribution is 8.21. The van der Waals surface area contributed by atoms with E-state index in [1.165, 1.54) is 17.7 Å². The van der Waals surface area contributed by atoms with Crippen LogP contribution in [0.15, 0.2) is 17.8 Å². The van der Waals surface area contributed by atoms with Crippen LogP contribution < -0.4 is 5.32 Å². The first-order valence-corrected chi connectivity index (χ1v) is 9.93. The summed E-state index contributed by atoms with van der Waals surface area (Å²) >= 11 is 3.54. The third-order valence-electron chi connectivity index (χ3n) is 4.72. The summed E-state index contributed by atoms with van der Waals surface area (Å²) in [6.45, 7) is 4.27. The predicted octanol–water partition coefficient (Wildman–Crippen LogP) is 3.64. The topological polar surface area (TPSA) is 57.8 Å². The molecule has 0 bridgehead atoms. The van der Waals surface area contributed by atoms with Crippen molar-refractivity contribution in [1.82, 2.24) is 15.5 Å². The standard InChI is InChI=1S/C16H23N3OS2/c1-10-12(14(20)18-16(2)7-4-5-8-16)15(21-3)22-13(10)11-6-9-17-19-11/h6,9,12,15H,4-5,7-8H2,1-3H3,(H,17,19)(H,18,20). The summed E-state index contributed by atoms with van der Waals surface area (Å²) in [6, 6.07) is 1.97. The molecule has 22 heavy (non-hydrogen) atoms. The summed E-state index contributed by atoms with van der Waals surface area (Å²) in [7, 11) is 0. The lowest BCUT2D eigenvalue weighted by molar-refractivity contribution is -0.125. The van der Waals surface area contributed by atoms with Crippen molar-refractivity contribution < 1.29 is 4.79 Å². The highest BCUT2D eigenvalue weighted by Crippen LogP contribution is 2.50. The van der Waals surface area contributed by atoms with E-state index in [0.29, 0.717) is 0 Å². The van der Waals surface area contributed by atoms with Gasteiger partial charge in [-0.25, -0.2) is 0 Å². The molecule has 0 aromatic carbocycles. The fraction of sp³-hybridized carbons (Fsp3) is 0.625. The number of aromatic nitrogens is 2. The number of nitrogens with zero attached hydrogens (tertiary/aromatic N) is 1. The van der Waals surface area contributed by atoms with Gasteiger partial charge in [0.1, 0.15) is 0 Å². The van der Waals surface area contributed by atoms with Gasteiger partial charge in [-0.05, 0) is 44.6 Å². The van der Waals surface area contributed by atoms with E-state index in [0.717, 1.165) is 24.1 Å². The third kappa shape index (κ3) is 2.95. The molecule has 4 nitrogen and oxygen atoms in total. The van der Waals surface area contributed by atoms with Crippen molar-refractivity contribution in [2.75, 3.05) is 6.26 Å². The Morgan fingerprint density at radius 3 is 2.82 bits per heavy atom. The number of rotatable bonds is 4. The van der Waals surface area contributed by atoms with Crippen molar-refractivity contribution in [2.24, 2.45) is 5.92 Å². The molecule has 1 aliphatic carbocycles. The Morgan fingerprint density at radius 2 is 2.23 bits per heavy atom. The molecule has 0 spiro atoms. The Morgan fingerprint density at radius 1 is 1.50 bits per heavy atom. The van der Waals surface area contributed by atoms with E-state index in [9.17, 15) is 4.79 Å². The van der Waals surface area contributed by atoms with Crippen molar-refractivity contribution >= 4 is 34.3 Å². The van der Waals surface area contributed by atoms with Crippen LogP contribution in [0.1, 0.15) is 45.2 Å². The number of hydrogen-bond donors (Lipinski definition) is 2. The van der Waals surface area contributed by atoms with Gasteiger partial charge in [0.05, 0.1) is 16.2 Å². The fourth-order valence-electron chi connectivity index (χ4n) is 3.44. The molecule has 1 fully saturated rings. The summed E-state index contributed by atoms with van der Waals surface area (Å²) in [5, 5.41) is 10.4. The first-order valence-electron chi connectivity index (χ1n) is 7.76. The Labute approximate surface area is 140 Å². The van der Waals surface area contributed by atoms with Crippen LogP contribution in [0.3, 0.4) is 0 Å². The van der Waals surface area contributed by atoms with Crippen LogP contribution in [0.4, 0.5) is 0 Å². The number of carbonyl (C=O) groups excluding carboxylic acids is 1. The number of amides is 1. The summed E-state index contributed by atoms with van der Waals surface area (Å²) in [6.07, 6.45) is 8.47. The largest absolute Gasteiger partial charge is 0.350 e. The van der Waals surface area contributed by atoms with Crippen molar-refractivity contribution in [3.05, 3.63) is 23.5 Å². The van der Waals surface area contributed by atoms with Gasteiger partial charge in [-0.2, -0.15) is 5.10 Å². The van der Waals surface area contributed by atoms with Crippen LogP contribution >= 0.6 is 23.5 Å². The SMILES string of the molecule is CSC1SC(c2ccn[nH]2)=C(C)C1C(=O)NC1(C)CCCC1. The summed E-state index contributed by atoms with van der Waals surface area (Å²) in [4.78, 5) is 14.1. The summed E-state index contributed by atoms with van der Waals surface area (Å²) in [5.41, 5.74) is 2.17. The zero-order chi connectivity index (χ0) is 15.7. The smallest absolute Gasteiger partial charge is 0.229 e. The molecule has 1 aliphatic heterocycles. The van der Waals surface area contributed by atoms with Gasteiger partial charge in [0.15, 0.2) is 0 Å². The van der Waals surface area contributed by atoms with Gasteiger partial charge in [-0.3, -0.25) is 9.89 Å². The van der Waals surface area contributed by atoms with Gasteiger partial charge in [-0.1, -0.05) is 12.8 Å². The molecule has 120 valence electrons. The summed E-state index contributed by atoms with van der Waals surface area (Å²) in [5.74, 6) is 0.124. The first kappa shape index (κ1) is 16.0. The van der Waals surface area contributed by atoms with E-state index in [4.69, 9.17) is 0 Å². The monoisotopic (exact) mass is 337 g/mol. The minimum atomic E-state index is -0.0595. The molecule has 2 heterocycles. The maximum atomic E-state index is 12.9. The van der Waals surface area contributed by atoms with Crippen molar-refractivity contribution in [3.8, 4) is 0 Å². The van der Waals surface area contributed by atoms with E-state index in [2.05, 4.69) is 35.6 Å². The summed E-state index contributed by atoms with van der Waals surface area (Å²) < 4.78 is 0.239. The molecule has 1 saturated carbocycles. The molecule has 2 unspecified atom stereocenters. The molecule has 0 saturated heterocycles. The van der Waals surface area contributed by atoms with Crippen molar-refractivity contribution in [1.29, 1.82) is 0 Å². The maximum absolute atomic E-state index is 12.9. The number of hydrogen-bond acceptors (Lipinski definition) is 4. The van der Waals surface area contributed by atoms with Gasteiger partial charge < -0.3 is 5.32 Å². The molecule has 1 aromatic rings. The fourth-order valence-corrected chi connectivity index (χ4v) is 5.96. The predicted molar refractivity (Wildman–Crippen MR) is 94.6 cm³/mol. The number of nitrogens with one attached hydrogen (secondary N) is 2. The zero-order valence-electron chi connectivity index (χ0n) is 13.3. The van der Waals surface area contributed by atoms with Gasteiger partial charge in [0, 0.05) is 16.6 Å². The second-order valence-corrected chi connectivity index (χ2v) is 8.87. The van der Waals surface area contributed by atoms with E-state index in [1.807, 2.05) is 6.07 Å². The second-order valence-electron chi connectivity index (χ2n) is 6.44. The number of aromatic amines is 1.